The fourth-order valence-electron chi connectivity index (χ4n) is 5.86. The number of aliphatic hydroxyl groups is 1. The van der Waals surface area contributed by atoms with Gasteiger partial charge in [-0.3, -0.25) is 14.4 Å². The summed E-state index contributed by atoms with van der Waals surface area (Å²) in [5, 5.41) is 20.6. The van der Waals surface area contributed by atoms with Gasteiger partial charge in [-0.25, -0.2) is 5.10 Å². The zero-order valence-corrected chi connectivity index (χ0v) is 23.0. The van der Waals surface area contributed by atoms with Gasteiger partial charge in [-0.2, -0.15) is 5.10 Å². The van der Waals surface area contributed by atoms with Crippen molar-refractivity contribution in [2.24, 2.45) is 0 Å². The molecule has 2 fully saturated rings. The van der Waals surface area contributed by atoms with Crippen molar-refractivity contribution in [1.29, 1.82) is 0 Å². The number of nitrogens with zero attached hydrogens (tertiary/aromatic N) is 2. The quantitative estimate of drug-likeness (QED) is 0.426. The predicted molar refractivity (Wildman–Crippen MR) is 146 cm³/mol. The Hall–Kier alpha value is -3.69. The molecule has 2 aliphatic heterocycles. The number of nitrogens with one attached hydrogen (secondary N) is 2. The molecule has 2 amide bonds. The van der Waals surface area contributed by atoms with Gasteiger partial charge in [0, 0.05) is 23.1 Å². The average molecular weight is 551 g/mol. The maximum Gasteiger partial charge on any atom is 0.307 e. The van der Waals surface area contributed by atoms with Crippen LogP contribution in [0.25, 0.3) is 0 Å². The molecule has 204 valence electrons. The van der Waals surface area contributed by atoms with E-state index in [1.54, 1.807) is 56.9 Å². The lowest BCUT2D eigenvalue weighted by Gasteiger charge is -2.39. The number of aromatic nitrogens is 2. The number of ether oxygens (including phenoxy) is 1. The van der Waals surface area contributed by atoms with Crippen LogP contribution < -0.4 is 15.6 Å². The largest absolute Gasteiger partial charge is 0.451 e. The number of H-pyrrole nitrogens is 1. The molecule has 0 bridgehead atoms. The van der Waals surface area contributed by atoms with Crippen LogP contribution in [0.3, 0.4) is 0 Å². The lowest BCUT2D eigenvalue weighted by atomic mass is 9.85. The van der Waals surface area contributed by atoms with Crippen LogP contribution in [0.5, 0.6) is 11.5 Å². The Morgan fingerprint density at radius 3 is 2.64 bits per heavy atom. The van der Waals surface area contributed by atoms with Crippen LogP contribution in [0.4, 0.5) is 0 Å². The van der Waals surface area contributed by atoms with E-state index in [2.05, 4.69) is 15.5 Å². The standard InChI is InChI=1S/C29H31ClN4O5/c1-16-12-18(8-9-22(16)39-23-13-17(2)32-33-26(23)36)25(35)31-21-15-29(19-6-5-7-20(30)14-19)11-10-24(28(3,4)38)34(29)27(21)37/h5-9,12-14,21,24,38H,10-11,15H2,1-4H3,(H,31,35)(H,33,36)/t21-,24+,29+/m0/s1. The van der Waals surface area contributed by atoms with Crippen LogP contribution in [0, 0.1) is 13.8 Å². The van der Waals surface area contributed by atoms with E-state index in [4.69, 9.17) is 16.3 Å². The molecule has 3 heterocycles. The first-order valence-corrected chi connectivity index (χ1v) is 13.2. The Bertz CT molecular complexity index is 1510. The van der Waals surface area contributed by atoms with E-state index in [0.717, 1.165) is 5.56 Å². The van der Waals surface area contributed by atoms with Crippen molar-refractivity contribution in [3.05, 3.63) is 86.3 Å². The molecule has 0 spiro atoms. The number of hydrogen-bond donors (Lipinski definition) is 3. The first kappa shape index (κ1) is 26.9. The van der Waals surface area contributed by atoms with Crippen LogP contribution in [0.15, 0.2) is 53.3 Å². The number of fused-ring (bicyclic) bond motifs is 1. The van der Waals surface area contributed by atoms with Crippen LogP contribution in [-0.4, -0.2) is 49.7 Å². The van der Waals surface area contributed by atoms with E-state index in [-0.39, 0.29) is 11.7 Å². The van der Waals surface area contributed by atoms with Gasteiger partial charge >= 0.3 is 5.56 Å². The van der Waals surface area contributed by atoms with Gasteiger partial charge in [0.05, 0.1) is 22.9 Å². The summed E-state index contributed by atoms with van der Waals surface area (Å²) >= 11 is 6.31. The monoisotopic (exact) mass is 550 g/mol. The molecule has 3 atom stereocenters. The summed E-state index contributed by atoms with van der Waals surface area (Å²) in [5.41, 5.74) is 0.251. The Kier molecular flexibility index (Phi) is 6.76. The third-order valence-corrected chi connectivity index (χ3v) is 7.95. The van der Waals surface area contributed by atoms with Gasteiger partial charge in [0.2, 0.25) is 5.91 Å². The molecule has 0 aliphatic carbocycles. The lowest BCUT2D eigenvalue weighted by Crippen LogP contribution is -2.53. The van der Waals surface area contributed by atoms with Gasteiger partial charge in [-0.15, -0.1) is 0 Å². The fraction of sp³-hybridized carbons (Fsp3) is 0.379. The molecule has 2 aliphatic rings. The minimum atomic E-state index is -1.11. The van der Waals surface area contributed by atoms with Crippen LogP contribution in [0.1, 0.15) is 60.3 Å². The molecule has 9 nitrogen and oxygen atoms in total. The van der Waals surface area contributed by atoms with Crippen LogP contribution >= 0.6 is 11.6 Å². The van der Waals surface area contributed by atoms with Crippen LogP contribution in [0.2, 0.25) is 5.02 Å². The van der Waals surface area contributed by atoms with Crippen molar-refractivity contribution in [3.63, 3.8) is 0 Å². The molecule has 1 aromatic heterocycles. The first-order valence-electron chi connectivity index (χ1n) is 12.9. The number of amides is 2. The van der Waals surface area contributed by atoms with E-state index in [1.807, 2.05) is 18.2 Å². The van der Waals surface area contributed by atoms with Crippen LogP contribution in [-0.2, 0) is 10.3 Å². The molecule has 5 rings (SSSR count). The molecule has 3 N–H and O–H groups in total. The third-order valence-electron chi connectivity index (χ3n) is 7.72. The zero-order chi connectivity index (χ0) is 28.1. The molecule has 2 aromatic carbocycles. The van der Waals surface area contributed by atoms with Gasteiger partial charge in [-0.1, -0.05) is 23.7 Å². The number of halogens is 1. The molecule has 10 heteroatoms. The minimum Gasteiger partial charge on any atom is -0.451 e. The minimum absolute atomic E-state index is 0.104. The maximum atomic E-state index is 13.8. The Morgan fingerprint density at radius 1 is 1.18 bits per heavy atom. The van der Waals surface area contributed by atoms with E-state index in [9.17, 15) is 19.5 Å². The third kappa shape index (κ3) is 4.92. The normalized spacial score (nSPS) is 22.6. The highest BCUT2D eigenvalue weighted by Crippen LogP contribution is 2.52. The topological polar surface area (TPSA) is 125 Å². The van der Waals surface area contributed by atoms with Gasteiger partial charge in [0.15, 0.2) is 5.75 Å². The fourth-order valence-corrected chi connectivity index (χ4v) is 6.06. The number of hydrogen-bond acceptors (Lipinski definition) is 6. The average Bonchev–Trinajstić information content (AvgIpc) is 3.39. The summed E-state index contributed by atoms with van der Waals surface area (Å²) in [7, 11) is 0. The Morgan fingerprint density at radius 2 is 1.95 bits per heavy atom. The van der Waals surface area contributed by atoms with Gasteiger partial charge < -0.3 is 20.1 Å². The summed E-state index contributed by atoms with van der Waals surface area (Å²) in [5.74, 6) is -0.0967. The number of carbonyl (C=O) groups excluding carboxylic acids is 2. The second-order valence-electron chi connectivity index (χ2n) is 11.0. The second kappa shape index (κ2) is 9.81. The number of rotatable bonds is 6. The van der Waals surface area contributed by atoms with Crippen molar-refractivity contribution in [1.82, 2.24) is 20.4 Å². The summed E-state index contributed by atoms with van der Waals surface area (Å²) < 4.78 is 5.76. The van der Waals surface area contributed by atoms with Crippen molar-refractivity contribution >= 4 is 23.4 Å². The molecule has 0 radical (unpaired) electrons. The number of benzene rings is 2. The highest BCUT2D eigenvalue weighted by Gasteiger charge is 2.60. The van der Waals surface area contributed by atoms with Gasteiger partial charge in [-0.05, 0) is 82.0 Å². The molecular weight excluding hydrogens is 520 g/mol. The van der Waals surface area contributed by atoms with Crippen molar-refractivity contribution in [2.45, 2.75) is 70.2 Å². The summed E-state index contributed by atoms with van der Waals surface area (Å²) in [6.07, 6.45) is 1.66. The predicted octanol–water partition coefficient (Wildman–Crippen LogP) is 3.99. The first-order chi connectivity index (χ1) is 18.4. The molecule has 2 saturated heterocycles. The number of carbonyl (C=O) groups is 2. The number of aryl methyl sites for hydroxylation is 2. The molecule has 0 unspecified atom stereocenters. The van der Waals surface area contributed by atoms with E-state index >= 15 is 0 Å². The SMILES string of the molecule is Cc1cc(Oc2ccc(C(=O)N[C@H]3C[C@@]4(c5cccc(Cl)c5)CC[C@H](C(C)(C)O)N4C3=O)cc2C)c(=O)[nH]n1. The van der Waals surface area contributed by atoms with Gasteiger partial charge in [0.25, 0.3) is 5.91 Å². The van der Waals surface area contributed by atoms with E-state index in [0.29, 0.717) is 46.9 Å². The smallest absolute Gasteiger partial charge is 0.307 e. The zero-order valence-electron chi connectivity index (χ0n) is 22.2. The van der Waals surface area contributed by atoms with E-state index in [1.165, 1.54) is 6.07 Å². The molecule has 0 saturated carbocycles. The Balaban J connectivity index is 1.39. The lowest BCUT2D eigenvalue weighted by molar-refractivity contribution is -0.138. The van der Waals surface area contributed by atoms with Crippen molar-refractivity contribution in [2.75, 3.05) is 0 Å². The van der Waals surface area contributed by atoms with Crippen molar-refractivity contribution < 1.29 is 19.4 Å². The highest BCUT2D eigenvalue weighted by molar-refractivity contribution is 6.30. The van der Waals surface area contributed by atoms with Crippen molar-refractivity contribution in [3.8, 4) is 11.5 Å². The summed E-state index contributed by atoms with van der Waals surface area (Å²) in [6, 6.07) is 12.7. The Labute approximate surface area is 231 Å². The molecular formula is C29H31ClN4O5. The second-order valence-corrected chi connectivity index (χ2v) is 11.4. The molecule has 39 heavy (non-hydrogen) atoms. The van der Waals surface area contributed by atoms with Gasteiger partial charge in [0.1, 0.15) is 11.8 Å². The number of aromatic amines is 1. The summed E-state index contributed by atoms with van der Waals surface area (Å²) in [4.78, 5) is 40.9. The maximum absolute atomic E-state index is 13.8. The highest BCUT2D eigenvalue weighted by atomic mass is 35.5. The molecule has 3 aromatic rings. The van der Waals surface area contributed by atoms with E-state index < -0.39 is 34.7 Å². The summed E-state index contributed by atoms with van der Waals surface area (Å²) in [6.45, 7) is 6.92.